The Morgan fingerprint density at radius 3 is 3.08 bits per heavy atom. The summed E-state index contributed by atoms with van der Waals surface area (Å²) in [5.41, 5.74) is 3.27. The number of fused-ring (bicyclic) bond motifs is 1. The molecule has 0 radical (unpaired) electrons. The summed E-state index contributed by atoms with van der Waals surface area (Å²) in [6, 6.07) is 1.89. The van der Waals surface area contributed by atoms with Crippen molar-refractivity contribution in [3.8, 4) is 0 Å². The number of hydrogen-bond acceptors (Lipinski definition) is 5. The van der Waals surface area contributed by atoms with Gasteiger partial charge in [0.25, 0.3) is 5.91 Å². The molecule has 0 bridgehead atoms. The molecular formula is C17H19N5OS. The Morgan fingerprint density at radius 1 is 1.42 bits per heavy atom. The number of aryl methyl sites for hydroxylation is 2. The number of nitrogens with zero attached hydrogens (tertiary/aromatic N) is 4. The second kappa shape index (κ2) is 5.98. The number of thiazole rings is 1. The minimum atomic E-state index is 0.0444. The number of amides is 1. The molecule has 0 spiro atoms. The maximum Gasteiger partial charge on any atom is 0.255 e. The van der Waals surface area contributed by atoms with Gasteiger partial charge in [0.2, 0.25) is 0 Å². The van der Waals surface area contributed by atoms with Crippen LogP contribution in [0, 0.1) is 13.8 Å². The Hall–Kier alpha value is -2.28. The van der Waals surface area contributed by atoms with Crippen molar-refractivity contribution in [3.05, 3.63) is 39.6 Å². The smallest absolute Gasteiger partial charge is 0.255 e. The summed E-state index contributed by atoms with van der Waals surface area (Å²) in [4.78, 5) is 23.7. The minimum absolute atomic E-state index is 0.0444. The zero-order chi connectivity index (χ0) is 16.7. The largest absolute Gasteiger partial charge is 0.338 e. The maximum absolute atomic E-state index is 12.9. The van der Waals surface area contributed by atoms with Gasteiger partial charge in [-0.05, 0) is 32.8 Å². The quantitative estimate of drug-likeness (QED) is 0.777. The highest BCUT2D eigenvalue weighted by molar-refractivity contribution is 7.09. The van der Waals surface area contributed by atoms with Crippen LogP contribution >= 0.6 is 11.3 Å². The van der Waals surface area contributed by atoms with E-state index >= 15 is 0 Å². The van der Waals surface area contributed by atoms with Gasteiger partial charge in [0.1, 0.15) is 0 Å². The molecule has 24 heavy (non-hydrogen) atoms. The Bertz CT molecular complexity index is 899. The SMILES string of the molecule is Cc1csc([C@@H]2CCCN(C(=O)c3cnc4n[nH]c(C)c4c3)C2)n1. The van der Waals surface area contributed by atoms with Crippen molar-refractivity contribution < 1.29 is 4.79 Å². The molecule has 1 fully saturated rings. The molecule has 1 N–H and O–H groups in total. The van der Waals surface area contributed by atoms with E-state index in [-0.39, 0.29) is 5.91 Å². The van der Waals surface area contributed by atoms with Crippen LogP contribution in [0.5, 0.6) is 0 Å². The lowest BCUT2D eigenvalue weighted by Gasteiger charge is -2.31. The normalized spacial score (nSPS) is 18.2. The summed E-state index contributed by atoms with van der Waals surface area (Å²) in [5, 5.41) is 11.2. The first-order valence-corrected chi connectivity index (χ1v) is 9.02. The molecule has 124 valence electrons. The summed E-state index contributed by atoms with van der Waals surface area (Å²) < 4.78 is 0. The molecule has 4 rings (SSSR count). The van der Waals surface area contributed by atoms with Gasteiger partial charge < -0.3 is 4.90 Å². The van der Waals surface area contributed by atoms with Gasteiger partial charge in [0.15, 0.2) is 5.65 Å². The van der Waals surface area contributed by atoms with Gasteiger partial charge in [-0.3, -0.25) is 9.89 Å². The van der Waals surface area contributed by atoms with E-state index in [9.17, 15) is 4.79 Å². The number of aromatic amines is 1. The van der Waals surface area contributed by atoms with Crippen LogP contribution in [0.4, 0.5) is 0 Å². The second-order valence-electron chi connectivity index (χ2n) is 6.36. The molecule has 1 atom stereocenters. The number of piperidine rings is 1. The van der Waals surface area contributed by atoms with E-state index in [1.54, 1.807) is 17.5 Å². The van der Waals surface area contributed by atoms with Crippen molar-refractivity contribution in [1.82, 2.24) is 25.1 Å². The van der Waals surface area contributed by atoms with E-state index in [0.717, 1.165) is 47.7 Å². The van der Waals surface area contributed by atoms with Crippen molar-refractivity contribution in [2.45, 2.75) is 32.6 Å². The van der Waals surface area contributed by atoms with Gasteiger partial charge >= 0.3 is 0 Å². The number of likely N-dealkylation sites (tertiary alicyclic amines) is 1. The van der Waals surface area contributed by atoms with Crippen molar-refractivity contribution in [1.29, 1.82) is 0 Å². The van der Waals surface area contributed by atoms with E-state index in [0.29, 0.717) is 17.1 Å². The van der Waals surface area contributed by atoms with E-state index in [1.165, 1.54) is 0 Å². The van der Waals surface area contributed by atoms with Crippen molar-refractivity contribution in [2.24, 2.45) is 0 Å². The van der Waals surface area contributed by atoms with Gasteiger partial charge in [-0.25, -0.2) is 9.97 Å². The molecule has 3 aromatic heterocycles. The summed E-state index contributed by atoms with van der Waals surface area (Å²) in [7, 11) is 0. The Labute approximate surface area is 143 Å². The average Bonchev–Trinajstić information content (AvgIpc) is 3.20. The second-order valence-corrected chi connectivity index (χ2v) is 7.25. The monoisotopic (exact) mass is 341 g/mol. The minimum Gasteiger partial charge on any atom is -0.338 e. The topological polar surface area (TPSA) is 74.8 Å². The third kappa shape index (κ3) is 2.69. The lowest BCUT2D eigenvalue weighted by molar-refractivity contribution is 0.0707. The van der Waals surface area contributed by atoms with Gasteiger partial charge in [0.05, 0.1) is 10.6 Å². The third-order valence-electron chi connectivity index (χ3n) is 4.54. The molecule has 0 unspecified atom stereocenters. The summed E-state index contributed by atoms with van der Waals surface area (Å²) >= 11 is 1.70. The Kier molecular flexibility index (Phi) is 3.80. The molecule has 0 aromatic carbocycles. The zero-order valence-electron chi connectivity index (χ0n) is 13.7. The van der Waals surface area contributed by atoms with Gasteiger partial charge in [0, 0.05) is 47.4 Å². The number of carbonyl (C=O) groups is 1. The van der Waals surface area contributed by atoms with Crippen LogP contribution in [-0.2, 0) is 0 Å². The van der Waals surface area contributed by atoms with Crippen LogP contribution in [0.1, 0.15) is 45.5 Å². The number of nitrogens with one attached hydrogen (secondary N) is 1. The third-order valence-corrected chi connectivity index (χ3v) is 5.67. The molecule has 1 amide bonds. The van der Waals surface area contributed by atoms with Crippen LogP contribution in [0.15, 0.2) is 17.6 Å². The number of aromatic nitrogens is 4. The fourth-order valence-corrected chi connectivity index (χ4v) is 4.17. The van der Waals surface area contributed by atoms with Crippen molar-refractivity contribution in [2.75, 3.05) is 13.1 Å². The lowest BCUT2D eigenvalue weighted by atomic mass is 9.98. The summed E-state index contributed by atoms with van der Waals surface area (Å²) in [6.45, 7) is 5.48. The first-order valence-electron chi connectivity index (χ1n) is 8.14. The molecule has 1 aliphatic heterocycles. The first-order chi connectivity index (χ1) is 11.6. The lowest BCUT2D eigenvalue weighted by Crippen LogP contribution is -2.39. The number of carbonyl (C=O) groups excluding carboxylic acids is 1. The Morgan fingerprint density at radius 2 is 2.29 bits per heavy atom. The van der Waals surface area contributed by atoms with Crippen LogP contribution in [0.3, 0.4) is 0 Å². The summed E-state index contributed by atoms with van der Waals surface area (Å²) in [6.07, 6.45) is 3.73. The molecule has 0 aliphatic carbocycles. The van der Waals surface area contributed by atoms with Crippen molar-refractivity contribution >= 4 is 28.3 Å². The molecule has 4 heterocycles. The number of H-pyrrole nitrogens is 1. The highest BCUT2D eigenvalue weighted by Gasteiger charge is 2.27. The average molecular weight is 341 g/mol. The first kappa shape index (κ1) is 15.3. The molecule has 1 saturated heterocycles. The van der Waals surface area contributed by atoms with Gasteiger partial charge in [-0.2, -0.15) is 5.10 Å². The highest BCUT2D eigenvalue weighted by Crippen LogP contribution is 2.30. The number of rotatable bonds is 2. The number of pyridine rings is 1. The van der Waals surface area contributed by atoms with Crippen LogP contribution < -0.4 is 0 Å². The summed E-state index contributed by atoms with van der Waals surface area (Å²) in [5.74, 6) is 0.386. The molecular weight excluding hydrogens is 322 g/mol. The molecule has 6 nitrogen and oxygen atoms in total. The molecule has 7 heteroatoms. The van der Waals surface area contributed by atoms with Crippen LogP contribution in [0.2, 0.25) is 0 Å². The fourth-order valence-electron chi connectivity index (χ4n) is 3.24. The van der Waals surface area contributed by atoms with E-state index in [4.69, 9.17) is 0 Å². The van der Waals surface area contributed by atoms with Crippen LogP contribution in [0.25, 0.3) is 11.0 Å². The Balaban J connectivity index is 1.57. The molecule has 3 aromatic rings. The standard InChI is InChI=1S/C17H19N5OS/c1-10-9-24-16(19-10)12-4-3-5-22(8-12)17(23)13-6-14-11(2)20-21-15(14)18-7-13/h6-7,9,12H,3-5,8H2,1-2H3,(H,18,20,21)/t12-/m1/s1. The van der Waals surface area contributed by atoms with Gasteiger partial charge in [-0.15, -0.1) is 11.3 Å². The van der Waals surface area contributed by atoms with Crippen LogP contribution in [-0.4, -0.2) is 44.1 Å². The number of hydrogen-bond donors (Lipinski definition) is 1. The van der Waals surface area contributed by atoms with E-state index in [1.807, 2.05) is 24.8 Å². The molecule has 0 saturated carbocycles. The van der Waals surface area contributed by atoms with Crippen molar-refractivity contribution in [3.63, 3.8) is 0 Å². The van der Waals surface area contributed by atoms with E-state index < -0.39 is 0 Å². The highest BCUT2D eigenvalue weighted by atomic mass is 32.1. The predicted octanol–water partition coefficient (Wildman–Crippen LogP) is 3.05. The predicted molar refractivity (Wildman–Crippen MR) is 93.4 cm³/mol. The van der Waals surface area contributed by atoms with Gasteiger partial charge in [-0.1, -0.05) is 0 Å². The molecule has 1 aliphatic rings. The fraction of sp³-hybridized carbons (Fsp3) is 0.412. The maximum atomic E-state index is 12.9. The van der Waals surface area contributed by atoms with E-state index in [2.05, 4.69) is 25.5 Å². The zero-order valence-corrected chi connectivity index (χ0v) is 14.6.